The van der Waals surface area contributed by atoms with Crippen LogP contribution in [0.3, 0.4) is 0 Å². The zero-order chi connectivity index (χ0) is 19.4. The summed E-state index contributed by atoms with van der Waals surface area (Å²) < 4.78 is 5.00. The molecule has 0 unspecified atom stereocenters. The molecule has 7 nitrogen and oxygen atoms in total. The van der Waals surface area contributed by atoms with Gasteiger partial charge in [-0.3, -0.25) is 9.59 Å². The van der Waals surface area contributed by atoms with E-state index in [0.29, 0.717) is 56.1 Å². The maximum Gasteiger partial charge on any atom is 0.409 e. The number of ether oxygens (including phenoxy) is 1. The van der Waals surface area contributed by atoms with E-state index in [2.05, 4.69) is 10.6 Å². The van der Waals surface area contributed by atoms with Crippen molar-refractivity contribution in [3.05, 3.63) is 29.3 Å². The Bertz CT molecular complexity index is 710. The molecule has 3 rings (SSSR count). The van der Waals surface area contributed by atoms with E-state index >= 15 is 0 Å². The van der Waals surface area contributed by atoms with Gasteiger partial charge < -0.3 is 20.3 Å². The molecule has 0 radical (unpaired) electrons. The summed E-state index contributed by atoms with van der Waals surface area (Å²) in [5.41, 5.74) is -0.371. The van der Waals surface area contributed by atoms with Crippen LogP contribution in [-0.4, -0.2) is 48.5 Å². The number of likely N-dealkylation sites (tertiary alicyclic amines) is 1. The second kappa shape index (κ2) is 8.17. The summed E-state index contributed by atoms with van der Waals surface area (Å²) in [5, 5.41) is 6.37. The molecule has 1 aromatic rings. The maximum atomic E-state index is 12.7. The molecule has 2 N–H and O–H groups in total. The Labute approximate surface area is 163 Å². The number of amides is 3. The molecule has 27 heavy (non-hydrogen) atoms. The SMILES string of the molecule is CCOC(=O)N1CCC(NC(=O)C2(C(=O)Nc3ccc(Cl)cc3)CC2)CC1. The van der Waals surface area contributed by atoms with E-state index in [0.717, 1.165) is 0 Å². The lowest BCUT2D eigenvalue weighted by Gasteiger charge is -2.32. The predicted octanol–water partition coefficient (Wildman–Crippen LogP) is 2.80. The van der Waals surface area contributed by atoms with Gasteiger partial charge >= 0.3 is 6.09 Å². The van der Waals surface area contributed by atoms with Crippen molar-refractivity contribution in [1.29, 1.82) is 0 Å². The number of rotatable bonds is 5. The van der Waals surface area contributed by atoms with Gasteiger partial charge in [-0.05, 0) is 56.9 Å². The number of hydrogen-bond acceptors (Lipinski definition) is 4. The van der Waals surface area contributed by atoms with E-state index in [1.165, 1.54) is 0 Å². The van der Waals surface area contributed by atoms with E-state index < -0.39 is 5.41 Å². The fraction of sp³-hybridized carbons (Fsp3) is 0.526. The number of nitrogens with one attached hydrogen (secondary N) is 2. The van der Waals surface area contributed by atoms with Crippen molar-refractivity contribution in [2.75, 3.05) is 25.0 Å². The van der Waals surface area contributed by atoms with Gasteiger partial charge in [-0.1, -0.05) is 11.6 Å². The van der Waals surface area contributed by atoms with E-state index in [4.69, 9.17) is 16.3 Å². The van der Waals surface area contributed by atoms with Crippen molar-refractivity contribution in [1.82, 2.24) is 10.2 Å². The van der Waals surface area contributed by atoms with E-state index in [1.54, 1.807) is 36.1 Å². The van der Waals surface area contributed by atoms with Crippen molar-refractivity contribution in [3.8, 4) is 0 Å². The molecule has 0 atom stereocenters. The molecular weight excluding hydrogens is 370 g/mol. The van der Waals surface area contributed by atoms with Crippen LogP contribution in [0.5, 0.6) is 0 Å². The molecule has 3 amide bonds. The van der Waals surface area contributed by atoms with Crippen LogP contribution in [0.4, 0.5) is 10.5 Å². The Balaban J connectivity index is 1.51. The highest BCUT2D eigenvalue weighted by Crippen LogP contribution is 2.47. The Morgan fingerprint density at radius 1 is 1.15 bits per heavy atom. The highest BCUT2D eigenvalue weighted by molar-refractivity contribution is 6.30. The molecule has 0 spiro atoms. The first-order valence-electron chi connectivity index (χ1n) is 9.24. The van der Waals surface area contributed by atoms with Gasteiger partial charge in [0.2, 0.25) is 11.8 Å². The van der Waals surface area contributed by atoms with Crippen LogP contribution in [0.15, 0.2) is 24.3 Å². The lowest BCUT2D eigenvalue weighted by atomic mass is 10.0. The van der Waals surface area contributed by atoms with Gasteiger partial charge in [0.1, 0.15) is 5.41 Å². The fourth-order valence-electron chi connectivity index (χ4n) is 3.21. The summed E-state index contributed by atoms with van der Waals surface area (Å²) in [6, 6.07) is 6.75. The quantitative estimate of drug-likeness (QED) is 0.753. The standard InChI is InChI=1S/C19H24ClN3O4/c1-2-27-18(26)23-11-7-15(8-12-23)22-17(25)19(9-10-19)16(24)21-14-5-3-13(20)4-6-14/h3-6,15H,2,7-12H2,1H3,(H,21,24)(H,22,25). The minimum Gasteiger partial charge on any atom is -0.450 e. The first kappa shape index (κ1) is 19.5. The van der Waals surface area contributed by atoms with E-state index in [1.807, 2.05) is 0 Å². The minimum absolute atomic E-state index is 0.0380. The molecule has 146 valence electrons. The Hall–Kier alpha value is -2.28. The molecule has 1 aliphatic carbocycles. The molecule has 2 fully saturated rings. The Morgan fingerprint density at radius 2 is 1.78 bits per heavy atom. The van der Waals surface area contributed by atoms with Gasteiger partial charge in [-0.15, -0.1) is 0 Å². The van der Waals surface area contributed by atoms with Crippen molar-refractivity contribution in [2.24, 2.45) is 5.41 Å². The molecule has 1 saturated heterocycles. The molecule has 0 aromatic heterocycles. The van der Waals surface area contributed by atoms with Crippen LogP contribution in [0.25, 0.3) is 0 Å². The molecule has 0 bridgehead atoms. The zero-order valence-electron chi connectivity index (χ0n) is 15.3. The fourth-order valence-corrected chi connectivity index (χ4v) is 3.34. The number of benzene rings is 1. The van der Waals surface area contributed by atoms with Crippen molar-refractivity contribution >= 4 is 35.2 Å². The van der Waals surface area contributed by atoms with Crippen molar-refractivity contribution in [2.45, 2.75) is 38.6 Å². The number of nitrogens with zero attached hydrogens (tertiary/aromatic N) is 1. The molecule has 1 aliphatic heterocycles. The first-order chi connectivity index (χ1) is 12.9. The molecule has 2 aliphatic rings. The third-order valence-electron chi connectivity index (χ3n) is 5.08. The van der Waals surface area contributed by atoms with E-state index in [-0.39, 0.29) is 23.9 Å². The van der Waals surface area contributed by atoms with Crippen LogP contribution in [0.1, 0.15) is 32.6 Å². The van der Waals surface area contributed by atoms with E-state index in [9.17, 15) is 14.4 Å². The average Bonchev–Trinajstić information content (AvgIpc) is 3.46. The van der Waals surface area contributed by atoms with Gasteiger partial charge in [0.15, 0.2) is 0 Å². The number of anilines is 1. The zero-order valence-corrected chi connectivity index (χ0v) is 16.1. The van der Waals surface area contributed by atoms with Crippen LogP contribution >= 0.6 is 11.6 Å². The lowest BCUT2D eigenvalue weighted by molar-refractivity contribution is -0.135. The number of carbonyl (C=O) groups excluding carboxylic acids is 3. The van der Waals surface area contributed by atoms with Crippen LogP contribution in [-0.2, 0) is 14.3 Å². The van der Waals surface area contributed by atoms with Crippen molar-refractivity contribution in [3.63, 3.8) is 0 Å². The van der Waals surface area contributed by atoms with Crippen LogP contribution in [0, 0.1) is 5.41 Å². The normalized spacial score (nSPS) is 18.5. The second-order valence-electron chi connectivity index (χ2n) is 6.98. The number of halogens is 1. The summed E-state index contributed by atoms with van der Waals surface area (Å²) in [6.45, 7) is 3.19. The summed E-state index contributed by atoms with van der Waals surface area (Å²) in [6.07, 6.45) is 2.07. The minimum atomic E-state index is -0.988. The second-order valence-corrected chi connectivity index (χ2v) is 7.41. The molecule has 1 heterocycles. The highest BCUT2D eigenvalue weighted by Gasteiger charge is 2.56. The largest absolute Gasteiger partial charge is 0.450 e. The van der Waals surface area contributed by atoms with Crippen LogP contribution in [0.2, 0.25) is 5.02 Å². The average molecular weight is 394 g/mol. The molecule has 8 heteroatoms. The molecular formula is C19H24ClN3O4. The Morgan fingerprint density at radius 3 is 2.33 bits per heavy atom. The smallest absolute Gasteiger partial charge is 0.409 e. The Kier molecular flexibility index (Phi) is 5.89. The number of hydrogen-bond donors (Lipinski definition) is 2. The summed E-state index contributed by atoms with van der Waals surface area (Å²) in [7, 11) is 0. The predicted molar refractivity (Wildman–Crippen MR) is 102 cm³/mol. The number of carbonyl (C=O) groups is 3. The third kappa shape index (κ3) is 4.53. The first-order valence-corrected chi connectivity index (χ1v) is 9.62. The molecule has 1 aromatic carbocycles. The summed E-state index contributed by atoms with van der Waals surface area (Å²) >= 11 is 5.85. The van der Waals surface area contributed by atoms with Gasteiger partial charge in [-0.2, -0.15) is 0 Å². The van der Waals surface area contributed by atoms with Gasteiger partial charge in [-0.25, -0.2) is 4.79 Å². The van der Waals surface area contributed by atoms with Gasteiger partial charge in [0.05, 0.1) is 6.61 Å². The summed E-state index contributed by atoms with van der Waals surface area (Å²) in [4.78, 5) is 38.7. The monoisotopic (exact) mass is 393 g/mol. The maximum absolute atomic E-state index is 12.7. The van der Waals surface area contributed by atoms with Crippen LogP contribution < -0.4 is 10.6 Å². The lowest BCUT2D eigenvalue weighted by Crippen LogP contribution is -2.50. The summed E-state index contributed by atoms with van der Waals surface area (Å²) in [5.74, 6) is -0.519. The molecule has 1 saturated carbocycles. The topological polar surface area (TPSA) is 87.7 Å². The third-order valence-corrected chi connectivity index (χ3v) is 5.33. The van der Waals surface area contributed by atoms with Gasteiger partial charge in [0, 0.05) is 29.8 Å². The number of piperidine rings is 1. The van der Waals surface area contributed by atoms with Crippen molar-refractivity contribution < 1.29 is 19.1 Å². The highest BCUT2D eigenvalue weighted by atomic mass is 35.5. The van der Waals surface area contributed by atoms with Gasteiger partial charge in [0.25, 0.3) is 0 Å².